The summed E-state index contributed by atoms with van der Waals surface area (Å²) in [6.45, 7) is 11.8. The zero-order valence-corrected chi connectivity index (χ0v) is 23.1. The second kappa shape index (κ2) is 25.0. The summed E-state index contributed by atoms with van der Waals surface area (Å²) in [7, 11) is 0. The van der Waals surface area contributed by atoms with E-state index in [-0.39, 0.29) is 0 Å². The maximum Gasteiger partial charge on any atom is 0.0108 e. The smallest absolute Gasteiger partial charge is 0.0108 e. The van der Waals surface area contributed by atoms with E-state index in [4.69, 9.17) is 0 Å². The fourth-order valence-corrected chi connectivity index (χ4v) is 5.29. The number of nitrogens with one attached hydrogen (secondary N) is 2. The Morgan fingerprint density at radius 1 is 0.576 bits per heavy atom. The Balaban J connectivity index is 2.09. The molecular weight excluding hydrogens is 402 g/mol. The molecule has 3 heteroatoms. The molecule has 198 valence electrons. The van der Waals surface area contributed by atoms with E-state index in [1.54, 1.807) is 0 Å². The fraction of sp³-hybridized carbons (Fsp3) is 1.00. The van der Waals surface area contributed by atoms with Gasteiger partial charge in [0.2, 0.25) is 0 Å². The highest BCUT2D eigenvalue weighted by atomic mass is 15.2. The molecule has 0 aromatic rings. The number of rotatable bonds is 25. The predicted octanol–water partition coefficient (Wildman–Crippen LogP) is 8.08. The van der Waals surface area contributed by atoms with E-state index in [1.165, 1.54) is 174 Å². The summed E-state index contributed by atoms with van der Waals surface area (Å²) >= 11 is 0. The molecule has 0 aliphatic carbocycles. The summed E-state index contributed by atoms with van der Waals surface area (Å²) in [5.74, 6) is 0. The van der Waals surface area contributed by atoms with Gasteiger partial charge >= 0.3 is 0 Å². The lowest BCUT2D eigenvalue weighted by Crippen LogP contribution is -2.46. The molecule has 0 aromatic carbocycles. The van der Waals surface area contributed by atoms with Gasteiger partial charge in [0.1, 0.15) is 0 Å². The number of hydrogen-bond acceptors (Lipinski definition) is 3. The van der Waals surface area contributed by atoms with Gasteiger partial charge in [-0.1, -0.05) is 136 Å². The van der Waals surface area contributed by atoms with Crippen LogP contribution < -0.4 is 10.6 Å². The Hall–Kier alpha value is -0.120. The Labute approximate surface area is 209 Å². The summed E-state index contributed by atoms with van der Waals surface area (Å²) < 4.78 is 0. The number of nitrogens with zero attached hydrogens (tertiary/aromatic N) is 1. The van der Waals surface area contributed by atoms with Gasteiger partial charge in [-0.2, -0.15) is 0 Å². The average molecular weight is 466 g/mol. The van der Waals surface area contributed by atoms with Crippen LogP contribution in [0, 0.1) is 0 Å². The van der Waals surface area contributed by atoms with Crippen LogP contribution >= 0.6 is 0 Å². The second-order valence-electron chi connectivity index (χ2n) is 10.8. The number of unbranched alkanes of at least 4 members (excludes halogenated alkanes) is 17. The molecule has 3 nitrogen and oxygen atoms in total. The van der Waals surface area contributed by atoms with Crippen molar-refractivity contribution in [3.8, 4) is 0 Å². The third kappa shape index (κ3) is 20.9. The lowest BCUT2D eigenvalue weighted by Gasteiger charge is -2.28. The van der Waals surface area contributed by atoms with Crippen LogP contribution in [-0.2, 0) is 0 Å². The fourth-order valence-electron chi connectivity index (χ4n) is 5.29. The SMILES string of the molecule is CCCCCCCCCCCCC(CCCCCCCCCCC)NCCN1CCNCC1. The topological polar surface area (TPSA) is 27.3 Å². The Bertz CT molecular complexity index is 368. The minimum atomic E-state index is 0.756. The molecule has 1 fully saturated rings. The minimum absolute atomic E-state index is 0.756. The third-order valence-electron chi connectivity index (χ3n) is 7.63. The monoisotopic (exact) mass is 466 g/mol. The van der Waals surface area contributed by atoms with E-state index >= 15 is 0 Å². The first-order chi connectivity index (χ1) is 16.4. The van der Waals surface area contributed by atoms with Gasteiger partial charge < -0.3 is 10.6 Å². The van der Waals surface area contributed by atoms with E-state index in [0.29, 0.717) is 0 Å². The lowest BCUT2D eigenvalue weighted by molar-refractivity contribution is 0.235. The predicted molar refractivity (Wildman–Crippen MR) is 149 cm³/mol. The second-order valence-corrected chi connectivity index (χ2v) is 10.8. The first-order valence-electron chi connectivity index (χ1n) is 15.5. The summed E-state index contributed by atoms with van der Waals surface area (Å²) in [6.07, 6.45) is 30.2. The van der Waals surface area contributed by atoms with Crippen molar-refractivity contribution in [1.82, 2.24) is 15.5 Å². The molecule has 33 heavy (non-hydrogen) atoms. The molecule has 1 unspecified atom stereocenters. The van der Waals surface area contributed by atoms with Crippen LogP contribution in [-0.4, -0.2) is 50.2 Å². The van der Waals surface area contributed by atoms with Crippen LogP contribution in [0.5, 0.6) is 0 Å². The molecule has 0 radical (unpaired) electrons. The van der Waals surface area contributed by atoms with Crippen molar-refractivity contribution in [2.45, 2.75) is 155 Å². The first kappa shape index (κ1) is 30.9. The van der Waals surface area contributed by atoms with Gasteiger partial charge in [0.15, 0.2) is 0 Å². The maximum absolute atomic E-state index is 3.96. The molecule has 1 aliphatic rings. The van der Waals surface area contributed by atoms with Gasteiger partial charge in [0, 0.05) is 45.3 Å². The van der Waals surface area contributed by atoms with Gasteiger partial charge in [-0.25, -0.2) is 0 Å². The van der Waals surface area contributed by atoms with Crippen LogP contribution in [0.4, 0.5) is 0 Å². The van der Waals surface area contributed by atoms with E-state index < -0.39 is 0 Å². The molecule has 0 aromatic heterocycles. The normalized spacial score (nSPS) is 15.8. The van der Waals surface area contributed by atoms with Crippen molar-refractivity contribution in [2.75, 3.05) is 39.3 Å². The largest absolute Gasteiger partial charge is 0.314 e. The Morgan fingerprint density at radius 2 is 0.970 bits per heavy atom. The van der Waals surface area contributed by atoms with Gasteiger partial charge in [0.25, 0.3) is 0 Å². The summed E-state index contributed by atoms with van der Waals surface area (Å²) in [5, 5.41) is 7.43. The lowest BCUT2D eigenvalue weighted by atomic mass is 9.99. The van der Waals surface area contributed by atoms with E-state index in [2.05, 4.69) is 29.4 Å². The van der Waals surface area contributed by atoms with E-state index in [9.17, 15) is 0 Å². The number of hydrogen-bond donors (Lipinski definition) is 2. The highest BCUT2D eigenvalue weighted by molar-refractivity contribution is 4.72. The van der Waals surface area contributed by atoms with Crippen LogP contribution in [0.15, 0.2) is 0 Å². The van der Waals surface area contributed by atoms with Crippen LogP contribution in [0.25, 0.3) is 0 Å². The van der Waals surface area contributed by atoms with E-state index in [0.717, 1.165) is 6.04 Å². The summed E-state index contributed by atoms with van der Waals surface area (Å²) in [5.41, 5.74) is 0. The standard InChI is InChI=1S/C30H63N3/c1-3-5-7-9-11-13-15-17-19-21-23-30(32-26-29-33-27-24-31-25-28-33)22-20-18-16-14-12-10-8-6-4-2/h30-32H,3-29H2,1-2H3. The van der Waals surface area contributed by atoms with Gasteiger partial charge in [-0.05, 0) is 12.8 Å². The average Bonchev–Trinajstić information content (AvgIpc) is 2.84. The molecule has 2 N–H and O–H groups in total. The first-order valence-corrected chi connectivity index (χ1v) is 15.5. The maximum atomic E-state index is 3.96. The molecule has 0 spiro atoms. The zero-order valence-electron chi connectivity index (χ0n) is 23.1. The van der Waals surface area contributed by atoms with Crippen molar-refractivity contribution in [3.05, 3.63) is 0 Å². The minimum Gasteiger partial charge on any atom is -0.314 e. The third-order valence-corrected chi connectivity index (χ3v) is 7.63. The van der Waals surface area contributed by atoms with Crippen molar-refractivity contribution in [2.24, 2.45) is 0 Å². The summed E-state index contributed by atoms with van der Waals surface area (Å²) in [6, 6.07) is 0.756. The molecule has 1 rings (SSSR count). The molecule has 1 heterocycles. The van der Waals surface area contributed by atoms with Crippen LogP contribution in [0.1, 0.15) is 149 Å². The quantitative estimate of drug-likeness (QED) is 0.133. The van der Waals surface area contributed by atoms with E-state index in [1.807, 2.05) is 0 Å². The molecule has 1 aliphatic heterocycles. The highest BCUT2D eigenvalue weighted by Gasteiger charge is 2.11. The Morgan fingerprint density at radius 3 is 1.39 bits per heavy atom. The van der Waals surface area contributed by atoms with Crippen molar-refractivity contribution >= 4 is 0 Å². The van der Waals surface area contributed by atoms with Crippen molar-refractivity contribution < 1.29 is 0 Å². The number of piperazine rings is 1. The van der Waals surface area contributed by atoms with Crippen LogP contribution in [0.3, 0.4) is 0 Å². The van der Waals surface area contributed by atoms with Crippen LogP contribution in [0.2, 0.25) is 0 Å². The Kier molecular flexibility index (Phi) is 23.4. The van der Waals surface area contributed by atoms with Gasteiger partial charge in [-0.3, -0.25) is 4.90 Å². The molecule has 1 atom stereocenters. The highest BCUT2D eigenvalue weighted by Crippen LogP contribution is 2.16. The van der Waals surface area contributed by atoms with Gasteiger partial charge in [0.05, 0.1) is 0 Å². The molecule has 1 saturated heterocycles. The zero-order chi connectivity index (χ0) is 23.7. The van der Waals surface area contributed by atoms with Gasteiger partial charge in [-0.15, -0.1) is 0 Å². The molecular formula is C30H63N3. The molecule has 0 saturated carbocycles. The summed E-state index contributed by atoms with van der Waals surface area (Å²) in [4.78, 5) is 2.62. The van der Waals surface area contributed by atoms with Crippen molar-refractivity contribution in [1.29, 1.82) is 0 Å². The van der Waals surface area contributed by atoms with Crippen molar-refractivity contribution in [3.63, 3.8) is 0 Å². The molecule has 0 amide bonds. The molecule has 0 bridgehead atoms.